The summed E-state index contributed by atoms with van der Waals surface area (Å²) in [5.41, 5.74) is 6.64. The number of hydrogen-bond donors (Lipinski definition) is 2. The maximum atomic E-state index is 9.35. The van der Waals surface area contributed by atoms with E-state index in [4.69, 9.17) is 5.73 Å². The Balaban J connectivity index is 0.000000671. The van der Waals surface area contributed by atoms with E-state index in [1.807, 2.05) is 45.1 Å². The van der Waals surface area contributed by atoms with Gasteiger partial charge in [-0.15, -0.1) is 0 Å². The van der Waals surface area contributed by atoms with Gasteiger partial charge in [0.1, 0.15) is 5.75 Å². The fraction of sp³-hybridized carbons (Fsp3) is 0.273. The molecule has 1 aromatic rings. The molecule has 1 aromatic carbocycles. The number of allylic oxidation sites excluding steroid dienone is 1. The van der Waals surface area contributed by atoms with Crippen LogP contribution < -0.4 is 5.73 Å². The van der Waals surface area contributed by atoms with Gasteiger partial charge in [0.25, 0.3) is 0 Å². The summed E-state index contributed by atoms with van der Waals surface area (Å²) in [7, 11) is 0. The summed E-state index contributed by atoms with van der Waals surface area (Å²) < 4.78 is 0. The zero-order valence-electron chi connectivity index (χ0n) is 8.41. The smallest absolute Gasteiger partial charge is 0.145 e. The van der Waals surface area contributed by atoms with Crippen molar-refractivity contribution in [1.82, 2.24) is 0 Å². The zero-order valence-corrected chi connectivity index (χ0v) is 8.41. The maximum Gasteiger partial charge on any atom is 0.145 e. The first-order valence-electron chi connectivity index (χ1n) is 4.46. The second-order valence-corrected chi connectivity index (χ2v) is 2.29. The van der Waals surface area contributed by atoms with Crippen LogP contribution in [0, 0.1) is 0 Å². The minimum absolute atomic E-state index is 0.158. The van der Waals surface area contributed by atoms with E-state index in [0.717, 1.165) is 5.56 Å². The Morgan fingerprint density at radius 1 is 1.31 bits per heavy atom. The number of phenolic OH excluding ortho intramolecular Hbond substituents is 1. The molecule has 1 rings (SSSR count). The monoisotopic (exact) mass is 179 g/mol. The van der Waals surface area contributed by atoms with Crippen LogP contribution in [0.25, 0.3) is 6.08 Å². The van der Waals surface area contributed by atoms with Crippen LogP contribution in [-0.4, -0.2) is 5.11 Å². The van der Waals surface area contributed by atoms with Crippen molar-refractivity contribution in [2.45, 2.75) is 20.8 Å². The number of phenols is 1. The van der Waals surface area contributed by atoms with Crippen LogP contribution in [0.1, 0.15) is 26.3 Å². The van der Waals surface area contributed by atoms with Gasteiger partial charge >= 0.3 is 0 Å². The van der Waals surface area contributed by atoms with Crippen molar-refractivity contribution < 1.29 is 5.11 Å². The second kappa shape index (κ2) is 6.12. The van der Waals surface area contributed by atoms with E-state index < -0.39 is 0 Å². The van der Waals surface area contributed by atoms with Gasteiger partial charge < -0.3 is 10.8 Å². The summed E-state index contributed by atoms with van der Waals surface area (Å²) >= 11 is 0. The Hall–Kier alpha value is -1.44. The molecule has 0 heterocycles. The van der Waals surface area contributed by atoms with Crippen molar-refractivity contribution in [2.75, 3.05) is 5.73 Å². The molecule has 0 aliphatic rings. The molecule has 0 aliphatic carbocycles. The van der Waals surface area contributed by atoms with Crippen LogP contribution >= 0.6 is 0 Å². The molecule has 0 saturated heterocycles. The highest BCUT2D eigenvalue weighted by atomic mass is 16.3. The predicted octanol–water partition coefficient (Wildman–Crippen LogP) is 3.03. The van der Waals surface area contributed by atoms with Crippen molar-refractivity contribution in [3.63, 3.8) is 0 Å². The normalized spacial score (nSPS) is 9.46. The summed E-state index contributed by atoms with van der Waals surface area (Å²) in [5.74, 6) is 0.158. The van der Waals surface area contributed by atoms with Gasteiger partial charge in [0, 0.05) is 5.56 Å². The first-order chi connectivity index (χ1) is 6.25. The summed E-state index contributed by atoms with van der Waals surface area (Å²) in [6.07, 6.45) is 3.67. The first kappa shape index (κ1) is 11.6. The lowest BCUT2D eigenvalue weighted by Crippen LogP contribution is -1.86. The number of benzene rings is 1. The van der Waals surface area contributed by atoms with Crippen LogP contribution in [0.4, 0.5) is 5.69 Å². The van der Waals surface area contributed by atoms with E-state index in [-0.39, 0.29) is 5.75 Å². The molecule has 0 bridgehead atoms. The van der Waals surface area contributed by atoms with E-state index in [0.29, 0.717) is 5.69 Å². The summed E-state index contributed by atoms with van der Waals surface area (Å²) in [6.45, 7) is 5.89. The van der Waals surface area contributed by atoms with E-state index in [9.17, 15) is 5.11 Å². The number of nitrogen functional groups attached to an aromatic ring is 1. The highest BCUT2D eigenvalue weighted by Crippen LogP contribution is 2.25. The highest BCUT2D eigenvalue weighted by Gasteiger charge is 1.98. The average Bonchev–Trinajstić information content (AvgIpc) is 2.17. The van der Waals surface area contributed by atoms with Crippen molar-refractivity contribution in [3.8, 4) is 5.75 Å². The molecule has 0 aliphatic heterocycles. The van der Waals surface area contributed by atoms with Crippen molar-refractivity contribution in [3.05, 3.63) is 29.8 Å². The average molecular weight is 179 g/mol. The van der Waals surface area contributed by atoms with Gasteiger partial charge in [-0.05, 0) is 13.0 Å². The molecule has 0 radical (unpaired) electrons. The lowest BCUT2D eigenvalue weighted by Gasteiger charge is -2.00. The molecule has 2 nitrogen and oxygen atoms in total. The topological polar surface area (TPSA) is 46.2 Å². The molecule has 3 N–H and O–H groups in total. The first-order valence-corrected chi connectivity index (χ1v) is 4.46. The van der Waals surface area contributed by atoms with Crippen molar-refractivity contribution in [2.24, 2.45) is 0 Å². The number of para-hydroxylation sites is 1. The van der Waals surface area contributed by atoms with Gasteiger partial charge in [0.05, 0.1) is 5.69 Å². The predicted molar refractivity (Wildman–Crippen MR) is 58.6 cm³/mol. The maximum absolute atomic E-state index is 9.35. The van der Waals surface area contributed by atoms with E-state index in [2.05, 4.69) is 0 Å². The van der Waals surface area contributed by atoms with Gasteiger partial charge in [0.15, 0.2) is 0 Å². The lowest BCUT2D eigenvalue weighted by atomic mass is 10.1. The van der Waals surface area contributed by atoms with E-state index in [1.54, 1.807) is 6.07 Å². The number of rotatable bonds is 1. The van der Waals surface area contributed by atoms with Crippen LogP contribution in [0.5, 0.6) is 5.75 Å². The van der Waals surface area contributed by atoms with Gasteiger partial charge in [-0.25, -0.2) is 0 Å². The molecule has 2 heteroatoms. The quantitative estimate of drug-likeness (QED) is 0.514. The number of aromatic hydroxyl groups is 1. The Morgan fingerprint density at radius 2 is 1.92 bits per heavy atom. The molecule has 0 fully saturated rings. The minimum atomic E-state index is 0.158. The van der Waals surface area contributed by atoms with E-state index >= 15 is 0 Å². The van der Waals surface area contributed by atoms with Crippen LogP contribution in [0.2, 0.25) is 0 Å². The van der Waals surface area contributed by atoms with Gasteiger partial charge in [-0.3, -0.25) is 0 Å². The molecule has 0 amide bonds. The standard InChI is InChI=1S/C9H11NO.C2H6/c1-2-4-7-5-3-6-8(10)9(7)11;1-2/h2-6,11H,10H2,1H3;1-2H3/b4-2-;. The third kappa shape index (κ3) is 3.20. The molecular weight excluding hydrogens is 162 g/mol. The Kier molecular flexibility index (Phi) is 5.44. The summed E-state index contributed by atoms with van der Waals surface area (Å²) in [5, 5.41) is 9.35. The number of hydrogen-bond acceptors (Lipinski definition) is 2. The molecule has 0 saturated carbocycles. The van der Waals surface area contributed by atoms with Gasteiger partial charge in [-0.2, -0.15) is 0 Å². The molecule has 72 valence electrons. The lowest BCUT2D eigenvalue weighted by molar-refractivity contribution is 0.476. The molecular formula is C11H17NO. The molecule has 0 atom stereocenters. The molecule has 0 spiro atoms. The number of nitrogens with two attached hydrogens (primary N) is 1. The van der Waals surface area contributed by atoms with Crippen molar-refractivity contribution >= 4 is 11.8 Å². The van der Waals surface area contributed by atoms with Gasteiger partial charge in [-0.1, -0.05) is 38.1 Å². The zero-order chi connectivity index (χ0) is 10.3. The van der Waals surface area contributed by atoms with Crippen LogP contribution in [-0.2, 0) is 0 Å². The summed E-state index contributed by atoms with van der Waals surface area (Å²) in [4.78, 5) is 0. The van der Waals surface area contributed by atoms with Crippen molar-refractivity contribution in [1.29, 1.82) is 0 Å². The SMILES string of the molecule is C/C=C\c1cccc(N)c1O.CC. The fourth-order valence-corrected chi connectivity index (χ4v) is 0.894. The molecule has 0 aromatic heterocycles. The minimum Gasteiger partial charge on any atom is -0.505 e. The Bertz CT molecular complexity index is 279. The van der Waals surface area contributed by atoms with Crippen LogP contribution in [0.15, 0.2) is 24.3 Å². The fourth-order valence-electron chi connectivity index (χ4n) is 0.894. The van der Waals surface area contributed by atoms with Crippen LogP contribution in [0.3, 0.4) is 0 Å². The Labute approximate surface area is 79.7 Å². The number of anilines is 1. The molecule has 13 heavy (non-hydrogen) atoms. The second-order valence-electron chi connectivity index (χ2n) is 2.29. The highest BCUT2D eigenvalue weighted by molar-refractivity contribution is 5.66. The third-order valence-electron chi connectivity index (χ3n) is 1.44. The van der Waals surface area contributed by atoms with Gasteiger partial charge in [0.2, 0.25) is 0 Å². The van der Waals surface area contributed by atoms with E-state index in [1.165, 1.54) is 0 Å². The Morgan fingerprint density at radius 3 is 2.46 bits per heavy atom. The third-order valence-corrected chi connectivity index (χ3v) is 1.44. The summed E-state index contributed by atoms with van der Waals surface area (Å²) in [6, 6.07) is 5.29. The largest absolute Gasteiger partial charge is 0.505 e. The molecule has 0 unspecified atom stereocenters.